The highest BCUT2D eigenvalue weighted by atomic mass is 16.6. The fourth-order valence-electron chi connectivity index (χ4n) is 2.41. The molecular formula is C13H12N4O3. The molecule has 2 heterocycles. The average molecular weight is 272 g/mol. The van der Waals surface area contributed by atoms with E-state index in [4.69, 9.17) is 0 Å². The number of anilines is 1. The van der Waals surface area contributed by atoms with Crippen LogP contribution in [0.4, 0.5) is 11.4 Å². The van der Waals surface area contributed by atoms with E-state index in [1.165, 1.54) is 6.07 Å². The van der Waals surface area contributed by atoms with Crippen molar-refractivity contribution in [2.75, 3.05) is 11.4 Å². The number of nitro groups is 1. The van der Waals surface area contributed by atoms with E-state index in [1.807, 2.05) is 15.7 Å². The molecule has 0 unspecified atom stereocenters. The molecule has 0 amide bonds. The van der Waals surface area contributed by atoms with Gasteiger partial charge in [-0.3, -0.25) is 14.9 Å². The summed E-state index contributed by atoms with van der Waals surface area (Å²) >= 11 is 0. The maximum atomic E-state index is 11.2. The van der Waals surface area contributed by atoms with Gasteiger partial charge in [0.1, 0.15) is 17.8 Å². The number of nitro benzene ring substituents is 1. The number of aromatic nitrogens is 2. The molecule has 1 aliphatic heterocycles. The summed E-state index contributed by atoms with van der Waals surface area (Å²) in [4.78, 5) is 27.6. The van der Waals surface area contributed by atoms with E-state index in [0.29, 0.717) is 30.6 Å². The molecule has 2 aromatic rings. The highest BCUT2D eigenvalue weighted by Crippen LogP contribution is 2.31. The van der Waals surface area contributed by atoms with Crippen molar-refractivity contribution >= 4 is 17.7 Å². The second-order valence-electron chi connectivity index (χ2n) is 4.58. The van der Waals surface area contributed by atoms with Gasteiger partial charge in [0, 0.05) is 37.1 Å². The topological polar surface area (TPSA) is 81.3 Å². The third-order valence-corrected chi connectivity index (χ3v) is 3.42. The van der Waals surface area contributed by atoms with Crippen molar-refractivity contribution in [3.05, 3.63) is 52.1 Å². The number of hydrogen-bond donors (Lipinski definition) is 0. The van der Waals surface area contributed by atoms with Crippen molar-refractivity contribution in [1.82, 2.24) is 9.55 Å². The molecule has 0 fully saturated rings. The Labute approximate surface area is 114 Å². The Bertz CT molecular complexity index is 680. The fraction of sp³-hybridized carbons (Fsp3) is 0.231. The Morgan fingerprint density at radius 1 is 1.35 bits per heavy atom. The van der Waals surface area contributed by atoms with E-state index in [0.717, 1.165) is 12.4 Å². The summed E-state index contributed by atoms with van der Waals surface area (Å²) in [6.07, 6.45) is 4.24. The van der Waals surface area contributed by atoms with Gasteiger partial charge < -0.3 is 9.47 Å². The molecule has 7 heteroatoms. The van der Waals surface area contributed by atoms with Crippen LogP contribution in [-0.2, 0) is 13.1 Å². The van der Waals surface area contributed by atoms with Gasteiger partial charge in [-0.05, 0) is 12.1 Å². The van der Waals surface area contributed by atoms with Crippen LogP contribution in [0.3, 0.4) is 0 Å². The SMILES string of the molecule is O=Cc1ccc(N2CCn3ccnc3C2)c([N+](=O)[O-])c1. The molecule has 0 N–H and O–H groups in total. The maximum Gasteiger partial charge on any atom is 0.293 e. The zero-order valence-electron chi connectivity index (χ0n) is 10.6. The third kappa shape index (κ3) is 2.03. The van der Waals surface area contributed by atoms with Crippen LogP contribution in [0, 0.1) is 10.1 Å². The number of fused-ring (bicyclic) bond motifs is 1. The first-order valence-electron chi connectivity index (χ1n) is 6.17. The lowest BCUT2D eigenvalue weighted by molar-refractivity contribution is -0.384. The van der Waals surface area contributed by atoms with Crippen molar-refractivity contribution in [2.24, 2.45) is 0 Å². The summed E-state index contributed by atoms with van der Waals surface area (Å²) in [6, 6.07) is 4.53. The minimum Gasteiger partial charge on any atom is -0.357 e. The van der Waals surface area contributed by atoms with Gasteiger partial charge >= 0.3 is 0 Å². The number of imidazole rings is 1. The Morgan fingerprint density at radius 2 is 2.20 bits per heavy atom. The number of nitrogens with zero attached hydrogens (tertiary/aromatic N) is 4. The van der Waals surface area contributed by atoms with E-state index < -0.39 is 4.92 Å². The van der Waals surface area contributed by atoms with Crippen molar-refractivity contribution in [2.45, 2.75) is 13.1 Å². The molecule has 0 spiro atoms. The third-order valence-electron chi connectivity index (χ3n) is 3.42. The predicted octanol–water partition coefficient (Wildman–Crippen LogP) is 1.62. The standard InChI is InChI=1S/C13H12N4O3/c18-9-10-1-2-11(12(7-10)17(19)20)16-6-5-15-4-3-14-13(15)8-16/h1-4,7,9H,5-6,8H2. The maximum absolute atomic E-state index is 11.2. The van der Waals surface area contributed by atoms with Gasteiger partial charge in [0.2, 0.25) is 0 Å². The van der Waals surface area contributed by atoms with E-state index in [-0.39, 0.29) is 5.69 Å². The molecule has 1 aliphatic rings. The molecule has 1 aromatic carbocycles. The van der Waals surface area contributed by atoms with Gasteiger partial charge in [-0.15, -0.1) is 0 Å². The second kappa shape index (κ2) is 4.76. The Morgan fingerprint density at radius 3 is 2.95 bits per heavy atom. The minimum absolute atomic E-state index is 0.0467. The van der Waals surface area contributed by atoms with E-state index >= 15 is 0 Å². The molecule has 0 saturated carbocycles. The van der Waals surface area contributed by atoms with Gasteiger partial charge in [0.15, 0.2) is 0 Å². The van der Waals surface area contributed by atoms with E-state index in [2.05, 4.69) is 4.98 Å². The molecule has 0 aliphatic carbocycles. The predicted molar refractivity (Wildman–Crippen MR) is 71.8 cm³/mol. The van der Waals surface area contributed by atoms with Crippen molar-refractivity contribution in [3.63, 3.8) is 0 Å². The number of rotatable bonds is 3. The summed E-state index contributed by atoms with van der Waals surface area (Å²) in [5.74, 6) is 0.880. The quantitative estimate of drug-likeness (QED) is 0.482. The van der Waals surface area contributed by atoms with Crippen LogP contribution in [-0.4, -0.2) is 27.3 Å². The van der Waals surface area contributed by atoms with Gasteiger partial charge in [0.05, 0.1) is 11.5 Å². The molecular weight excluding hydrogens is 260 g/mol. The highest BCUT2D eigenvalue weighted by molar-refractivity contribution is 5.79. The first-order chi connectivity index (χ1) is 9.69. The summed E-state index contributed by atoms with van der Waals surface area (Å²) < 4.78 is 2.03. The summed E-state index contributed by atoms with van der Waals surface area (Å²) in [6.45, 7) is 1.93. The van der Waals surface area contributed by atoms with Crippen LogP contribution >= 0.6 is 0 Å². The molecule has 0 bridgehead atoms. The van der Waals surface area contributed by atoms with Crippen molar-refractivity contribution < 1.29 is 9.72 Å². The Kier molecular flexibility index (Phi) is 2.94. The highest BCUT2D eigenvalue weighted by Gasteiger charge is 2.24. The number of aldehydes is 1. The van der Waals surface area contributed by atoms with Crippen LogP contribution in [0.15, 0.2) is 30.6 Å². The molecule has 20 heavy (non-hydrogen) atoms. The fourth-order valence-corrected chi connectivity index (χ4v) is 2.41. The average Bonchev–Trinajstić information content (AvgIpc) is 2.93. The van der Waals surface area contributed by atoms with Gasteiger partial charge in [-0.1, -0.05) is 0 Å². The van der Waals surface area contributed by atoms with Crippen LogP contribution < -0.4 is 4.90 Å². The second-order valence-corrected chi connectivity index (χ2v) is 4.58. The molecule has 102 valence electrons. The summed E-state index contributed by atoms with van der Waals surface area (Å²) in [5, 5.41) is 11.2. The van der Waals surface area contributed by atoms with Gasteiger partial charge in [-0.25, -0.2) is 4.98 Å². The number of carbonyl (C=O) groups excluding carboxylic acids is 1. The molecule has 1 aromatic heterocycles. The van der Waals surface area contributed by atoms with Gasteiger partial charge in [-0.2, -0.15) is 0 Å². The number of hydrogen-bond acceptors (Lipinski definition) is 5. The first kappa shape index (κ1) is 12.3. The monoisotopic (exact) mass is 272 g/mol. The number of benzene rings is 1. The van der Waals surface area contributed by atoms with E-state index in [9.17, 15) is 14.9 Å². The lowest BCUT2D eigenvalue weighted by Gasteiger charge is -2.29. The molecule has 0 radical (unpaired) electrons. The van der Waals surface area contributed by atoms with E-state index in [1.54, 1.807) is 18.3 Å². The molecule has 0 atom stereocenters. The van der Waals surface area contributed by atoms with Crippen LogP contribution in [0.5, 0.6) is 0 Å². The smallest absolute Gasteiger partial charge is 0.293 e. The molecule has 7 nitrogen and oxygen atoms in total. The molecule has 0 saturated heterocycles. The normalized spacial score (nSPS) is 13.9. The first-order valence-corrected chi connectivity index (χ1v) is 6.17. The number of carbonyl (C=O) groups is 1. The van der Waals surface area contributed by atoms with Crippen LogP contribution in [0.1, 0.15) is 16.2 Å². The Balaban J connectivity index is 1.98. The zero-order chi connectivity index (χ0) is 14.1. The lowest BCUT2D eigenvalue weighted by atomic mass is 10.1. The zero-order valence-corrected chi connectivity index (χ0v) is 10.6. The largest absolute Gasteiger partial charge is 0.357 e. The van der Waals surface area contributed by atoms with Crippen LogP contribution in [0.2, 0.25) is 0 Å². The minimum atomic E-state index is -0.455. The summed E-state index contributed by atoms with van der Waals surface area (Å²) in [7, 11) is 0. The molecule has 3 rings (SSSR count). The van der Waals surface area contributed by atoms with Gasteiger partial charge in [0.25, 0.3) is 5.69 Å². The van der Waals surface area contributed by atoms with Crippen molar-refractivity contribution in [3.8, 4) is 0 Å². The Hall–Kier alpha value is -2.70. The summed E-state index contributed by atoms with van der Waals surface area (Å²) in [5.41, 5.74) is 0.781. The lowest BCUT2D eigenvalue weighted by Crippen LogP contribution is -2.34. The van der Waals surface area contributed by atoms with Crippen molar-refractivity contribution in [1.29, 1.82) is 0 Å². The van der Waals surface area contributed by atoms with Crippen LogP contribution in [0.25, 0.3) is 0 Å².